The van der Waals surface area contributed by atoms with Gasteiger partial charge < -0.3 is 14.8 Å². The van der Waals surface area contributed by atoms with Crippen molar-refractivity contribution in [3.63, 3.8) is 0 Å². The van der Waals surface area contributed by atoms with Crippen LogP contribution in [0.15, 0.2) is 65.0 Å². The van der Waals surface area contributed by atoms with Gasteiger partial charge in [0.2, 0.25) is 11.1 Å². The highest BCUT2D eigenvalue weighted by Crippen LogP contribution is 2.38. The number of rotatable bonds is 8. The number of benzene rings is 2. The molecule has 0 spiro atoms. The number of hydrogen-bond acceptors (Lipinski definition) is 7. The molecule has 2 heterocycles. The Hall–Kier alpha value is -3.33. The van der Waals surface area contributed by atoms with E-state index in [4.69, 9.17) is 14.6 Å². The van der Waals surface area contributed by atoms with Gasteiger partial charge in [-0.3, -0.25) is 0 Å². The van der Waals surface area contributed by atoms with Crippen LogP contribution >= 0.6 is 11.8 Å². The third-order valence-electron chi connectivity index (χ3n) is 6.76. The fourth-order valence-corrected chi connectivity index (χ4v) is 5.74. The van der Waals surface area contributed by atoms with Gasteiger partial charge >= 0.3 is 5.97 Å². The van der Waals surface area contributed by atoms with Crippen molar-refractivity contribution < 1.29 is 18.7 Å². The summed E-state index contributed by atoms with van der Waals surface area (Å²) in [5.41, 5.74) is 2.65. The second-order valence-corrected chi connectivity index (χ2v) is 11.0. The van der Waals surface area contributed by atoms with E-state index in [1.807, 2.05) is 51.1 Å². The van der Waals surface area contributed by atoms with Gasteiger partial charge in [-0.25, -0.2) is 13.9 Å². The van der Waals surface area contributed by atoms with Crippen molar-refractivity contribution in [3.05, 3.63) is 76.7 Å². The van der Waals surface area contributed by atoms with Gasteiger partial charge in [0.15, 0.2) is 0 Å². The number of allylic oxidation sites excluding steroid dienone is 1. The Morgan fingerprint density at radius 3 is 2.58 bits per heavy atom. The van der Waals surface area contributed by atoms with E-state index in [9.17, 15) is 9.18 Å². The van der Waals surface area contributed by atoms with Crippen LogP contribution in [0.1, 0.15) is 70.0 Å². The zero-order chi connectivity index (χ0) is 26.6. The highest BCUT2D eigenvalue weighted by Gasteiger charge is 2.36. The van der Waals surface area contributed by atoms with Gasteiger partial charge in [-0.05, 0) is 75.8 Å². The largest absolute Gasteiger partial charge is 0.491 e. The summed E-state index contributed by atoms with van der Waals surface area (Å²) in [6, 6.07) is 13.9. The van der Waals surface area contributed by atoms with Gasteiger partial charge in [-0.15, -0.1) is 5.10 Å². The van der Waals surface area contributed by atoms with E-state index in [0.29, 0.717) is 33.7 Å². The van der Waals surface area contributed by atoms with Crippen LogP contribution < -0.4 is 10.1 Å². The first-order chi connectivity index (χ1) is 18.4. The van der Waals surface area contributed by atoms with E-state index in [1.54, 1.807) is 16.8 Å². The Balaban J connectivity index is 1.46. The van der Waals surface area contributed by atoms with Crippen LogP contribution in [0.4, 0.5) is 10.3 Å². The fraction of sp³-hybridized carbons (Fsp3) is 0.414. The van der Waals surface area contributed by atoms with E-state index >= 15 is 0 Å². The van der Waals surface area contributed by atoms with E-state index in [1.165, 1.54) is 24.2 Å². The molecule has 9 heteroatoms. The number of fused-ring (bicyclic) bond motifs is 1. The monoisotopic (exact) mass is 536 g/mol. The quantitative estimate of drug-likeness (QED) is 0.255. The first-order valence-electron chi connectivity index (χ1n) is 13.2. The molecule has 200 valence electrons. The molecule has 0 saturated heterocycles. The molecule has 1 aromatic heterocycles. The predicted octanol–water partition coefficient (Wildman–Crippen LogP) is 6.66. The molecule has 1 unspecified atom stereocenters. The lowest BCUT2D eigenvalue weighted by Gasteiger charge is -2.30. The van der Waals surface area contributed by atoms with Crippen LogP contribution in [0.25, 0.3) is 0 Å². The van der Waals surface area contributed by atoms with Gasteiger partial charge in [0.05, 0.1) is 11.7 Å². The molecular weight excluding hydrogens is 503 g/mol. The molecule has 38 heavy (non-hydrogen) atoms. The molecule has 1 saturated carbocycles. The molecule has 7 nitrogen and oxygen atoms in total. The molecule has 5 rings (SSSR count). The average Bonchev–Trinajstić information content (AvgIpc) is 3.30. The number of esters is 1. The molecule has 2 aliphatic rings. The lowest BCUT2D eigenvalue weighted by Crippen LogP contribution is -2.32. The summed E-state index contributed by atoms with van der Waals surface area (Å²) in [6.07, 6.45) is 5.10. The van der Waals surface area contributed by atoms with E-state index in [0.717, 1.165) is 37.0 Å². The third-order valence-corrected chi connectivity index (χ3v) is 7.65. The minimum absolute atomic E-state index is 0.0545. The average molecular weight is 537 g/mol. The highest BCUT2D eigenvalue weighted by atomic mass is 32.2. The number of carbonyl (C=O) groups excluding carboxylic acids is 1. The summed E-state index contributed by atoms with van der Waals surface area (Å²) in [5, 5.41) is 8.50. The topological polar surface area (TPSA) is 78.3 Å². The number of thioether (sulfide) groups is 1. The first-order valence-corrected chi connectivity index (χ1v) is 14.2. The van der Waals surface area contributed by atoms with Crippen molar-refractivity contribution in [2.75, 3.05) is 5.32 Å². The van der Waals surface area contributed by atoms with Crippen LogP contribution in [0.5, 0.6) is 5.75 Å². The van der Waals surface area contributed by atoms with Gasteiger partial charge in [0, 0.05) is 11.4 Å². The molecule has 1 N–H and O–H groups in total. The first kappa shape index (κ1) is 26.3. The van der Waals surface area contributed by atoms with E-state index < -0.39 is 6.04 Å². The van der Waals surface area contributed by atoms with Crippen molar-refractivity contribution in [2.24, 2.45) is 0 Å². The second-order valence-electron chi connectivity index (χ2n) is 10.0. The molecule has 1 atom stereocenters. The summed E-state index contributed by atoms with van der Waals surface area (Å²) in [6.45, 7) is 5.83. The van der Waals surface area contributed by atoms with Crippen molar-refractivity contribution in [1.82, 2.24) is 14.8 Å². The molecule has 0 bridgehead atoms. The van der Waals surface area contributed by atoms with Gasteiger partial charge in [0.1, 0.15) is 23.7 Å². The number of hydrogen-bond donors (Lipinski definition) is 1. The Morgan fingerprint density at radius 1 is 1.13 bits per heavy atom. The smallest absolute Gasteiger partial charge is 0.338 e. The predicted molar refractivity (Wildman–Crippen MR) is 146 cm³/mol. The standard InChI is InChI=1S/C29H33FN4O3S/c1-18(2)36-23-15-13-20(14-16-23)26-25(27(35)37-22-10-5-4-6-11-22)19(3)31-28-32-29(33-34(26)28)38-17-21-9-7-8-12-24(21)30/h7-9,12-16,18,22,26H,4-6,10-11,17H2,1-3H3,(H,31,32,33). The van der Waals surface area contributed by atoms with Crippen LogP contribution in [0, 0.1) is 5.82 Å². The van der Waals surface area contributed by atoms with E-state index in [2.05, 4.69) is 10.3 Å². The summed E-state index contributed by atoms with van der Waals surface area (Å²) >= 11 is 1.35. The van der Waals surface area contributed by atoms with Crippen LogP contribution in [0.2, 0.25) is 0 Å². The summed E-state index contributed by atoms with van der Waals surface area (Å²) < 4.78 is 27.7. The lowest BCUT2D eigenvalue weighted by atomic mass is 9.95. The maximum atomic E-state index is 14.2. The Morgan fingerprint density at radius 2 is 1.87 bits per heavy atom. The molecule has 3 aromatic rings. The number of halogens is 1. The Kier molecular flexibility index (Phi) is 8.02. The SMILES string of the molecule is CC1=C(C(=O)OC2CCCCC2)C(c2ccc(OC(C)C)cc2)n2nc(SCc3ccccc3F)nc2N1. The van der Waals surface area contributed by atoms with Gasteiger partial charge in [-0.2, -0.15) is 4.98 Å². The van der Waals surface area contributed by atoms with E-state index in [-0.39, 0.29) is 24.0 Å². The third kappa shape index (κ3) is 5.88. The molecule has 1 aliphatic heterocycles. The minimum atomic E-state index is -0.522. The molecule has 0 amide bonds. The van der Waals surface area contributed by atoms with Crippen molar-refractivity contribution in [1.29, 1.82) is 0 Å². The van der Waals surface area contributed by atoms with Gasteiger partial charge in [0.25, 0.3) is 0 Å². The normalized spacial score (nSPS) is 17.8. The maximum absolute atomic E-state index is 14.2. The summed E-state index contributed by atoms with van der Waals surface area (Å²) in [4.78, 5) is 18.2. The highest BCUT2D eigenvalue weighted by molar-refractivity contribution is 7.98. The van der Waals surface area contributed by atoms with Crippen molar-refractivity contribution in [3.8, 4) is 5.75 Å². The number of anilines is 1. The van der Waals surface area contributed by atoms with Crippen LogP contribution in [-0.2, 0) is 15.3 Å². The Bertz CT molecular complexity index is 1320. The molecular formula is C29H33FN4O3S. The molecule has 1 aliphatic carbocycles. The minimum Gasteiger partial charge on any atom is -0.491 e. The molecule has 2 aromatic carbocycles. The zero-order valence-electron chi connectivity index (χ0n) is 21.9. The van der Waals surface area contributed by atoms with Crippen molar-refractivity contribution in [2.45, 2.75) is 82.0 Å². The van der Waals surface area contributed by atoms with Crippen LogP contribution in [0.3, 0.4) is 0 Å². The summed E-state index contributed by atoms with van der Waals surface area (Å²) in [5.74, 6) is 1.08. The number of carbonyl (C=O) groups is 1. The number of nitrogens with one attached hydrogen (secondary N) is 1. The fourth-order valence-electron chi connectivity index (χ4n) is 4.92. The van der Waals surface area contributed by atoms with Crippen molar-refractivity contribution >= 4 is 23.7 Å². The maximum Gasteiger partial charge on any atom is 0.338 e. The van der Waals surface area contributed by atoms with Crippen LogP contribution in [-0.4, -0.2) is 32.9 Å². The number of aromatic nitrogens is 3. The summed E-state index contributed by atoms with van der Waals surface area (Å²) in [7, 11) is 0. The number of ether oxygens (including phenoxy) is 2. The Labute approximate surface area is 226 Å². The lowest BCUT2D eigenvalue weighted by molar-refractivity contribution is -0.146. The second kappa shape index (κ2) is 11.6. The van der Waals surface area contributed by atoms with Gasteiger partial charge in [-0.1, -0.05) is 48.5 Å². The zero-order valence-corrected chi connectivity index (χ0v) is 22.8. The number of nitrogens with zero attached hydrogens (tertiary/aromatic N) is 3. The molecule has 0 radical (unpaired) electrons. The molecule has 1 fully saturated rings.